The molecule has 3 rings (SSSR count). The Bertz CT molecular complexity index is 654. The highest BCUT2D eigenvalue weighted by Crippen LogP contribution is 2.16. The van der Waals surface area contributed by atoms with Crippen LogP contribution < -0.4 is 14.8 Å². The summed E-state index contributed by atoms with van der Waals surface area (Å²) in [5.41, 5.74) is 0.509. The van der Waals surface area contributed by atoms with Gasteiger partial charge in [0.25, 0.3) is 5.69 Å². The van der Waals surface area contributed by atoms with Crippen LogP contribution >= 0.6 is 0 Å². The molecule has 0 spiro atoms. The zero-order chi connectivity index (χ0) is 15.4. The van der Waals surface area contributed by atoms with Crippen molar-refractivity contribution in [2.24, 2.45) is 0 Å². The lowest BCUT2D eigenvalue weighted by molar-refractivity contribution is -0.607. The van der Waals surface area contributed by atoms with Gasteiger partial charge in [-0.2, -0.15) is 4.73 Å². The summed E-state index contributed by atoms with van der Waals surface area (Å²) in [6.07, 6.45) is 3.63. The Kier molecular flexibility index (Phi) is 4.15. The number of nitrogens with one attached hydrogen (secondary N) is 1. The quantitative estimate of drug-likeness (QED) is 0.676. The topological polar surface area (TPSA) is 87.4 Å². The summed E-state index contributed by atoms with van der Waals surface area (Å²) in [5.74, 6) is -0.0117. The van der Waals surface area contributed by atoms with Crippen molar-refractivity contribution in [3.63, 3.8) is 0 Å². The molecule has 1 fully saturated rings. The van der Waals surface area contributed by atoms with E-state index in [1.54, 1.807) is 24.3 Å². The standard InChI is InChI=1S/C15H15N3O4/c19-15(13-3-1-2-7-18(13)20)17-11-4-5-14(16-9-11)22-12-6-8-21-10-12/h1-5,7,9,12H,6,8,10H2,(H,17,19). The van der Waals surface area contributed by atoms with Crippen LogP contribution in [0.4, 0.5) is 5.69 Å². The lowest BCUT2D eigenvalue weighted by Crippen LogP contribution is -2.36. The van der Waals surface area contributed by atoms with Crippen LogP contribution in [-0.2, 0) is 4.74 Å². The molecule has 1 saturated heterocycles. The monoisotopic (exact) mass is 301 g/mol. The van der Waals surface area contributed by atoms with Gasteiger partial charge in [0.15, 0.2) is 6.20 Å². The van der Waals surface area contributed by atoms with Crippen LogP contribution in [0.25, 0.3) is 0 Å². The van der Waals surface area contributed by atoms with Gasteiger partial charge in [-0.1, -0.05) is 0 Å². The average Bonchev–Trinajstić information content (AvgIpc) is 3.02. The first-order chi connectivity index (χ1) is 10.7. The largest absolute Gasteiger partial charge is 0.618 e. The SMILES string of the molecule is O=C(Nc1ccc(OC2CCOC2)nc1)c1cccc[n+]1[O-]. The number of hydrogen-bond acceptors (Lipinski definition) is 5. The molecule has 2 aromatic heterocycles. The van der Waals surface area contributed by atoms with Crippen molar-refractivity contribution >= 4 is 11.6 Å². The Morgan fingerprint density at radius 1 is 1.41 bits per heavy atom. The molecule has 114 valence electrons. The minimum Gasteiger partial charge on any atom is -0.618 e. The van der Waals surface area contributed by atoms with E-state index in [0.29, 0.717) is 29.5 Å². The van der Waals surface area contributed by atoms with Crippen LogP contribution in [0.3, 0.4) is 0 Å². The van der Waals surface area contributed by atoms with Gasteiger partial charge in [0.2, 0.25) is 5.88 Å². The van der Waals surface area contributed by atoms with Crippen molar-refractivity contribution in [3.05, 3.63) is 53.6 Å². The first-order valence-electron chi connectivity index (χ1n) is 6.92. The molecular weight excluding hydrogens is 286 g/mol. The second-order valence-electron chi connectivity index (χ2n) is 4.85. The van der Waals surface area contributed by atoms with Gasteiger partial charge in [-0.3, -0.25) is 4.79 Å². The zero-order valence-corrected chi connectivity index (χ0v) is 11.8. The van der Waals surface area contributed by atoms with Crippen LogP contribution in [-0.4, -0.2) is 30.2 Å². The van der Waals surface area contributed by atoms with E-state index in [0.717, 1.165) is 6.42 Å². The highest BCUT2D eigenvalue weighted by molar-refractivity contribution is 6.01. The van der Waals surface area contributed by atoms with Crippen LogP contribution in [0.5, 0.6) is 5.88 Å². The van der Waals surface area contributed by atoms with Gasteiger partial charge in [-0.25, -0.2) is 4.98 Å². The van der Waals surface area contributed by atoms with E-state index in [9.17, 15) is 10.0 Å². The number of anilines is 1. The minimum absolute atomic E-state index is 0.0194. The molecular formula is C15H15N3O4. The molecule has 2 aromatic rings. The van der Waals surface area contributed by atoms with Crippen molar-refractivity contribution in [2.75, 3.05) is 18.5 Å². The maximum Gasteiger partial charge on any atom is 0.321 e. The maximum absolute atomic E-state index is 12.0. The predicted molar refractivity (Wildman–Crippen MR) is 77.4 cm³/mol. The number of carbonyl (C=O) groups is 1. The third kappa shape index (κ3) is 3.32. The molecule has 0 aliphatic carbocycles. The normalized spacial score (nSPS) is 17.2. The van der Waals surface area contributed by atoms with Gasteiger partial charge in [0, 0.05) is 24.6 Å². The fourth-order valence-electron chi connectivity index (χ4n) is 2.10. The zero-order valence-electron chi connectivity index (χ0n) is 11.8. The van der Waals surface area contributed by atoms with Crippen LogP contribution in [0, 0.1) is 5.21 Å². The van der Waals surface area contributed by atoms with Crippen molar-refractivity contribution in [1.29, 1.82) is 0 Å². The van der Waals surface area contributed by atoms with Gasteiger partial charge < -0.3 is 20.0 Å². The number of amides is 1. The van der Waals surface area contributed by atoms with Crippen molar-refractivity contribution in [3.8, 4) is 5.88 Å². The lowest BCUT2D eigenvalue weighted by atomic mass is 10.3. The second-order valence-corrected chi connectivity index (χ2v) is 4.85. The van der Waals surface area contributed by atoms with Crippen LogP contribution in [0.2, 0.25) is 0 Å². The summed E-state index contributed by atoms with van der Waals surface area (Å²) in [6, 6.07) is 7.98. The first kappa shape index (κ1) is 14.3. The maximum atomic E-state index is 12.0. The number of carbonyl (C=O) groups excluding carboxylic acids is 1. The molecule has 1 amide bonds. The summed E-state index contributed by atoms with van der Waals surface area (Å²) in [7, 11) is 0. The summed E-state index contributed by atoms with van der Waals surface area (Å²) in [6.45, 7) is 1.27. The number of rotatable bonds is 4. The second kappa shape index (κ2) is 6.40. The molecule has 1 N–H and O–H groups in total. The number of ether oxygens (including phenoxy) is 2. The van der Waals surface area contributed by atoms with E-state index in [4.69, 9.17) is 9.47 Å². The summed E-state index contributed by atoms with van der Waals surface area (Å²) < 4.78 is 11.4. The van der Waals surface area contributed by atoms with E-state index >= 15 is 0 Å². The molecule has 1 aliphatic rings. The van der Waals surface area contributed by atoms with Gasteiger partial charge in [0.1, 0.15) is 6.10 Å². The fourth-order valence-corrected chi connectivity index (χ4v) is 2.10. The van der Waals surface area contributed by atoms with E-state index < -0.39 is 5.91 Å². The predicted octanol–water partition coefficient (Wildman–Crippen LogP) is 1.13. The Balaban J connectivity index is 1.63. The van der Waals surface area contributed by atoms with E-state index in [1.807, 2.05) is 0 Å². The molecule has 0 bridgehead atoms. The van der Waals surface area contributed by atoms with E-state index in [-0.39, 0.29) is 11.8 Å². The fraction of sp³-hybridized carbons (Fsp3) is 0.267. The molecule has 1 aliphatic heterocycles. The smallest absolute Gasteiger partial charge is 0.321 e. The van der Waals surface area contributed by atoms with Gasteiger partial charge >= 0.3 is 5.91 Å². The third-order valence-corrected chi connectivity index (χ3v) is 3.23. The molecule has 0 saturated carbocycles. The summed E-state index contributed by atoms with van der Waals surface area (Å²) in [4.78, 5) is 16.1. The molecule has 22 heavy (non-hydrogen) atoms. The Labute approximate surface area is 127 Å². The highest BCUT2D eigenvalue weighted by Gasteiger charge is 2.18. The Morgan fingerprint density at radius 2 is 2.32 bits per heavy atom. The summed E-state index contributed by atoms with van der Waals surface area (Å²) in [5, 5.41) is 14.1. The molecule has 1 unspecified atom stereocenters. The van der Waals surface area contributed by atoms with Crippen LogP contribution in [0.15, 0.2) is 42.7 Å². The molecule has 0 radical (unpaired) electrons. The molecule has 7 nitrogen and oxygen atoms in total. The minimum atomic E-state index is -0.490. The Hall–Kier alpha value is -2.67. The first-order valence-corrected chi connectivity index (χ1v) is 6.92. The number of hydrogen-bond donors (Lipinski definition) is 1. The molecule has 0 aromatic carbocycles. The lowest BCUT2D eigenvalue weighted by Gasteiger charge is -2.11. The van der Waals surface area contributed by atoms with Gasteiger partial charge in [-0.05, 0) is 12.1 Å². The van der Waals surface area contributed by atoms with Crippen molar-refractivity contribution < 1.29 is 19.0 Å². The van der Waals surface area contributed by atoms with Crippen LogP contribution in [0.1, 0.15) is 16.9 Å². The average molecular weight is 301 g/mol. The van der Waals surface area contributed by atoms with Gasteiger partial charge in [0.05, 0.1) is 25.1 Å². The number of aromatic nitrogens is 2. The number of nitrogens with zero attached hydrogens (tertiary/aromatic N) is 2. The van der Waals surface area contributed by atoms with E-state index in [1.165, 1.54) is 18.5 Å². The van der Waals surface area contributed by atoms with Crippen molar-refractivity contribution in [2.45, 2.75) is 12.5 Å². The molecule has 1 atom stereocenters. The molecule has 3 heterocycles. The van der Waals surface area contributed by atoms with E-state index in [2.05, 4.69) is 10.3 Å². The highest BCUT2D eigenvalue weighted by atomic mass is 16.5. The van der Waals surface area contributed by atoms with Crippen molar-refractivity contribution in [1.82, 2.24) is 4.98 Å². The molecule has 7 heteroatoms. The summed E-state index contributed by atoms with van der Waals surface area (Å²) >= 11 is 0. The number of pyridine rings is 2. The Morgan fingerprint density at radius 3 is 3.00 bits per heavy atom. The van der Waals surface area contributed by atoms with Gasteiger partial charge in [-0.15, -0.1) is 0 Å². The third-order valence-electron chi connectivity index (χ3n) is 3.23.